The summed E-state index contributed by atoms with van der Waals surface area (Å²) in [6.07, 6.45) is 0. The van der Waals surface area contributed by atoms with E-state index in [1.807, 2.05) is 11.8 Å². The van der Waals surface area contributed by atoms with Crippen LogP contribution in [0.2, 0.25) is 0 Å². The van der Waals surface area contributed by atoms with E-state index < -0.39 is 0 Å². The first-order chi connectivity index (χ1) is 6.90. The molecule has 1 saturated heterocycles. The molecule has 1 fully saturated rings. The van der Waals surface area contributed by atoms with Crippen molar-refractivity contribution in [1.82, 2.24) is 10.2 Å². The number of morpholine rings is 1. The molecule has 0 aromatic heterocycles. The van der Waals surface area contributed by atoms with Crippen LogP contribution < -0.4 is 5.32 Å². The van der Waals surface area contributed by atoms with Crippen molar-refractivity contribution in [3.05, 3.63) is 0 Å². The lowest BCUT2D eigenvalue weighted by molar-refractivity contribution is -0.138. The van der Waals surface area contributed by atoms with Gasteiger partial charge < -0.3 is 15.0 Å². The molecule has 1 amide bonds. The number of rotatable bonds is 2. The largest absolute Gasteiger partial charge is 0.377 e. The Labute approximate surface area is 92.0 Å². The van der Waals surface area contributed by atoms with E-state index in [2.05, 4.69) is 26.1 Å². The third kappa shape index (κ3) is 4.18. The van der Waals surface area contributed by atoms with Gasteiger partial charge in [-0.3, -0.25) is 4.79 Å². The molecule has 0 spiro atoms. The molecule has 0 aliphatic carbocycles. The van der Waals surface area contributed by atoms with Crippen LogP contribution in [0.4, 0.5) is 0 Å². The maximum absolute atomic E-state index is 11.9. The highest BCUT2D eigenvalue weighted by Crippen LogP contribution is 2.06. The van der Waals surface area contributed by atoms with Gasteiger partial charge in [-0.2, -0.15) is 0 Å². The van der Waals surface area contributed by atoms with Crippen molar-refractivity contribution in [2.24, 2.45) is 0 Å². The summed E-state index contributed by atoms with van der Waals surface area (Å²) >= 11 is 0. The Kier molecular flexibility index (Phi) is 4.11. The standard InChI is InChI=1S/C11H22N2O2/c1-9-8-15-6-5-13(9)10(14)7-12-11(2,3)4/h9,12H,5-8H2,1-4H3/t9-/m1/s1. The molecule has 0 bridgehead atoms. The van der Waals surface area contributed by atoms with E-state index in [0.29, 0.717) is 26.3 Å². The third-order valence-electron chi connectivity index (χ3n) is 2.46. The van der Waals surface area contributed by atoms with E-state index in [9.17, 15) is 4.79 Å². The van der Waals surface area contributed by atoms with Gasteiger partial charge in [0.1, 0.15) is 0 Å². The average Bonchev–Trinajstić information content (AvgIpc) is 2.14. The molecule has 88 valence electrons. The van der Waals surface area contributed by atoms with Gasteiger partial charge in [-0.25, -0.2) is 0 Å². The Hall–Kier alpha value is -0.610. The van der Waals surface area contributed by atoms with Gasteiger partial charge in [-0.05, 0) is 27.7 Å². The summed E-state index contributed by atoms with van der Waals surface area (Å²) in [6.45, 7) is 10.6. The molecule has 1 aliphatic heterocycles. The maximum atomic E-state index is 11.9. The predicted molar refractivity (Wildman–Crippen MR) is 59.7 cm³/mol. The maximum Gasteiger partial charge on any atom is 0.236 e. The normalized spacial score (nSPS) is 22.9. The zero-order chi connectivity index (χ0) is 11.5. The molecule has 1 N–H and O–H groups in total. The first-order valence-corrected chi connectivity index (χ1v) is 5.52. The topological polar surface area (TPSA) is 41.6 Å². The summed E-state index contributed by atoms with van der Waals surface area (Å²) < 4.78 is 5.29. The highest BCUT2D eigenvalue weighted by atomic mass is 16.5. The first kappa shape index (κ1) is 12.5. The molecule has 0 unspecified atom stereocenters. The summed E-state index contributed by atoms with van der Waals surface area (Å²) in [5.41, 5.74) is -0.00875. The lowest BCUT2D eigenvalue weighted by Gasteiger charge is -2.34. The quantitative estimate of drug-likeness (QED) is 0.733. The Balaban J connectivity index is 2.39. The van der Waals surface area contributed by atoms with Crippen LogP contribution in [0.25, 0.3) is 0 Å². The van der Waals surface area contributed by atoms with Gasteiger partial charge in [-0.15, -0.1) is 0 Å². The van der Waals surface area contributed by atoms with Crippen LogP contribution in [0.15, 0.2) is 0 Å². The number of carbonyl (C=O) groups is 1. The van der Waals surface area contributed by atoms with E-state index in [1.165, 1.54) is 0 Å². The minimum Gasteiger partial charge on any atom is -0.377 e. The molecule has 0 radical (unpaired) electrons. The number of carbonyl (C=O) groups excluding carboxylic acids is 1. The van der Waals surface area contributed by atoms with Gasteiger partial charge in [0.15, 0.2) is 0 Å². The molecular formula is C11H22N2O2. The van der Waals surface area contributed by atoms with Crippen molar-refractivity contribution in [2.45, 2.75) is 39.3 Å². The molecule has 0 saturated carbocycles. The fourth-order valence-corrected chi connectivity index (χ4v) is 1.54. The Bertz CT molecular complexity index is 223. The number of hydrogen-bond acceptors (Lipinski definition) is 3. The summed E-state index contributed by atoms with van der Waals surface area (Å²) in [7, 11) is 0. The number of nitrogens with one attached hydrogen (secondary N) is 1. The Morgan fingerprint density at radius 2 is 2.20 bits per heavy atom. The van der Waals surface area contributed by atoms with Gasteiger partial charge in [0.2, 0.25) is 5.91 Å². The van der Waals surface area contributed by atoms with Crippen LogP contribution >= 0.6 is 0 Å². The van der Waals surface area contributed by atoms with Gasteiger partial charge in [0.25, 0.3) is 0 Å². The average molecular weight is 214 g/mol. The van der Waals surface area contributed by atoms with Crippen molar-refractivity contribution in [2.75, 3.05) is 26.3 Å². The molecule has 4 nitrogen and oxygen atoms in total. The lowest BCUT2D eigenvalue weighted by atomic mass is 10.1. The minimum atomic E-state index is -0.00875. The number of amides is 1. The zero-order valence-corrected chi connectivity index (χ0v) is 10.2. The van der Waals surface area contributed by atoms with Crippen LogP contribution in [0, 0.1) is 0 Å². The van der Waals surface area contributed by atoms with Crippen molar-refractivity contribution < 1.29 is 9.53 Å². The van der Waals surface area contributed by atoms with Crippen molar-refractivity contribution in [3.8, 4) is 0 Å². The fourth-order valence-electron chi connectivity index (χ4n) is 1.54. The molecular weight excluding hydrogens is 192 g/mol. The zero-order valence-electron chi connectivity index (χ0n) is 10.2. The summed E-state index contributed by atoms with van der Waals surface area (Å²) in [6, 6.07) is 0.202. The molecule has 1 heterocycles. The summed E-state index contributed by atoms with van der Waals surface area (Å²) in [5, 5.41) is 3.21. The second-order valence-corrected chi connectivity index (χ2v) is 5.11. The summed E-state index contributed by atoms with van der Waals surface area (Å²) in [4.78, 5) is 13.8. The molecule has 4 heteroatoms. The van der Waals surface area contributed by atoms with Gasteiger partial charge in [0.05, 0.1) is 25.8 Å². The number of hydrogen-bond donors (Lipinski definition) is 1. The fraction of sp³-hybridized carbons (Fsp3) is 0.909. The van der Waals surface area contributed by atoms with E-state index in [0.717, 1.165) is 0 Å². The summed E-state index contributed by atoms with van der Waals surface area (Å²) in [5.74, 6) is 0.167. The van der Waals surface area contributed by atoms with Crippen molar-refractivity contribution >= 4 is 5.91 Å². The minimum absolute atomic E-state index is 0.00875. The monoisotopic (exact) mass is 214 g/mol. The second kappa shape index (κ2) is 4.94. The SMILES string of the molecule is C[C@@H]1COCCN1C(=O)CNC(C)(C)C. The highest BCUT2D eigenvalue weighted by molar-refractivity contribution is 5.78. The Morgan fingerprint density at radius 1 is 1.53 bits per heavy atom. The molecule has 1 atom stereocenters. The van der Waals surface area contributed by atoms with Gasteiger partial charge in [-0.1, -0.05) is 0 Å². The van der Waals surface area contributed by atoms with Crippen LogP contribution in [-0.2, 0) is 9.53 Å². The molecule has 1 aliphatic rings. The van der Waals surface area contributed by atoms with Gasteiger partial charge >= 0.3 is 0 Å². The van der Waals surface area contributed by atoms with Crippen LogP contribution in [0.3, 0.4) is 0 Å². The Morgan fingerprint density at radius 3 is 2.73 bits per heavy atom. The number of nitrogens with zero attached hydrogens (tertiary/aromatic N) is 1. The van der Waals surface area contributed by atoms with E-state index in [-0.39, 0.29) is 17.5 Å². The van der Waals surface area contributed by atoms with E-state index in [1.54, 1.807) is 0 Å². The van der Waals surface area contributed by atoms with E-state index >= 15 is 0 Å². The van der Waals surface area contributed by atoms with Crippen LogP contribution in [-0.4, -0.2) is 48.7 Å². The highest BCUT2D eigenvalue weighted by Gasteiger charge is 2.24. The second-order valence-electron chi connectivity index (χ2n) is 5.11. The molecule has 15 heavy (non-hydrogen) atoms. The van der Waals surface area contributed by atoms with Crippen LogP contribution in [0.1, 0.15) is 27.7 Å². The first-order valence-electron chi connectivity index (χ1n) is 5.52. The molecule has 0 aromatic carbocycles. The third-order valence-corrected chi connectivity index (χ3v) is 2.46. The number of ether oxygens (including phenoxy) is 1. The van der Waals surface area contributed by atoms with E-state index in [4.69, 9.17) is 4.74 Å². The van der Waals surface area contributed by atoms with Crippen molar-refractivity contribution in [1.29, 1.82) is 0 Å². The molecule has 1 rings (SSSR count). The van der Waals surface area contributed by atoms with Crippen molar-refractivity contribution in [3.63, 3.8) is 0 Å². The molecule has 0 aromatic rings. The predicted octanol–water partition coefficient (Wildman–Crippen LogP) is 0.622. The lowest BCUT2D eigenvalue weighted by Crippen LogP contribution is -2.52. The van der Waals surface area contributed by atoms with Crippen LogP contribution in [0.5, 0.6) is 0 Å². The van der Waals surface area contributed by atoms with Gasteiger partial charge in [0, 0.05) is 12.1 Å². The smallest absolute Gasteiger partial charge is 0.236 e.